The Hall–Kier alpha value is -0.710. The number of alkyl halides is 3. The van der Waals surface area contributed by atoms with E-state index in [1.54, 1.807) is 5.48 Å². The first kappa shape index (κ1) is 6.41. The predicted octanol–water partition coefficient (Wildman–Crippen LogP) is 0.967. The van der Waals surface area contributed by atoms with Crippen molar-refractivity contribution >= 4 is 0 Å². The van der Waals surface area contributed by atoms with E-state index in [-0.39, 0.29) is 6.61 Å². The van der Waals surface area contributed by atoms with Crippen LogP contribution in [0, 0.1) is 0 Å². The summed E-state index contributed by atoms with van der Waals surface area (Å²) in [5.74, 6) is 0. The minimum Gasteiger partial charge on any atom is -0.272 e. The molecule has 2 nitrogen and oxygen atoms in total. The zero-order valence-electron chi connectivity index (χ0n) is 4.33. The van der Waals surface area contributed by atoms with Crippen molar-refractivity contribution in [1.29, 1.82) is 0 Å². The second-order valence-electron chi connectivity index (χ2n) is 1.53. The maximum atomic E-state index is 11.5. The Morgan fingerprint density at radius 3 is 2.44 bits per heavy atom. The highest BCUT2D eigenvalue weighted by Crippen LogP contribution is 2.24. The first-order valence-corrected chi connectivity index (χ1v) is 2.26. The molecule has 1 aliphatic rings. The minimum absolute atomic E-state index is 0.0190. The molecule has 0 bridgehead atoms. The molecule has 0 radical (unpaired) electrons. The second-order valence-corrected chi connectivity index (χ2v) is 1.53. The van der Waals surface area contributed by atoms with Gasteiger partial charge in [-0.25, -0.2) is 0 Å². The molecular weight excluding hydrogens is 135 g/mol. The molecule has 1 heterocycles. The molecule has 0 aromatic heterocycles. The number of hydrogen-bond donors (Lipinski definition) is 1. The molecule has 9 heavy (non-hydrogen) atoms. The van der Waals surface area contributed by atoms with Crippen molar-refractivity contribution < 1.29 is 18.0 Å². The molecule has 52 valence electrons. The number of allylic oxidation sites excluding steroid dienone is 1. The smallest absolute Gasteiger partial charge is 0.272 e. The SMILES string of the molecule is FC(F)(F)C1=CCON1. The van der Waals surface area contributed by atoms with Gasteiger partial charge in [-0.3, -0.25) is 10.3 Å². The Morgan fingerprint density at radius 1 is 1.56 bits per heavy atom. The molecule has 0 fully saturated rings. The summed E-state index contributed by atoms with van der Waals surface area (Å²) in [6, 6.07) is 0. The molecule has 0 saturated carbocycles. The maximum Gasteiger partial charge on any atom is 0.432 e. The van der Waals surface area contributed by atoms with Crippen molar-refractivity contribution in [3.05, 3.63) is 11.8 Å². The van der Waals surface area contributed by atoms with E-state index >= 15 is 0 Å². The van der Waals surface area contributed by atoms with Crippen molar-refractivity contribution in [3.63, 3.8) is 0 Å². The largest absolute Gasteiger partial charge is 0.432 e. The van der Waals surface area contributed by atoms with Crippen molar-refractivity contribution in [2.75, 3.05) is 6.61 Å². The van der Waals surface area contributed by atoms with Gasteiger partial charge in [-0.1, -0.05) is 0 Å². The summed E-state index contributed by atoms with van der Waals surface area (Å²) < 4.78 is 34.6. The third kappa shape index (κ3) is 1.35. The van der Waals surface area contributed by atoms with E-state index in [1.165, 1.54) is 0 Å². The molecule has 0 aromatic rings. The van der Waals surface area contributed by atoms with Crippen LogP contribution in [0.1, 0.15) is 0 Å². The summed E-state index contributed by atoms with van der Waals surface area (Å²) in [5, 5.41) is 0. The Morgan fingerprint density at radius 2 is 2.22 bits per heavy atom. The zero-order chi connectivity index (χ0) is 6.91. The lowest BCUT2D eigenvalue weighted by molar-refractivity contribution is -0.107. The van der Waals surface area contributed by atoms with E-state index in [1.807, 2.05) is 0 Å². The van der Waals surface area contributed by atoms with Crippen molar-refractivity contribution in [2.45, 2.75) is 6.18 Å². The maximum absolute atomic E-state index is 11.5. The van der Waals surface area contributed by atoms with Gasteiger partial charge in [0.05, 0.1) is 6.61 Å². The van der Waals surface area contributed by atoms with Gasteiger partial charge in [0.2, 0.25) is 0 Å². The fourth-order valence-corrected chi connectivity index (χ4v) is 0.460. The number of hydroxylamine groups is 1. The van der Waals surface area contributed by atoms with Crippen LogP contribution in [0.25, 0.3) is 0 Å². The van der Waals surface area contributed by atoms with Crippen LogP contribution in [0.5, 0.6) is 0 Å². The predicted molar refractivity (Wildman–Crippen MR) is 23.2 cm³/mol. The quantitative estimate of drug-likeness (QED) is 0.539. The third-order valence-electron chi connectivity index (χ3n) is 0.858. The Balaban J connectivity index is 2.61. The second kappa shape index (κ2) is 1.91. The van der Waals surface area contributed by atoms with Crippen LogP contribution < -0.4 is 5.48 Å². The molecule has 0 unspecified atom stereocenters. The first-order valence-electron chi connectivity index (χ1n) is 2.26. The summed E-state index contributed by atoms with van der Waals surface area (Å²) in [6.45, 7) is -0.0190. The van der Waals surface area contributed by atoms with Gasteiger partial charge in [-0.2, -0.15) is 13.2 Å². The normalized spacial score (nSPS) is 19.2. The molecule has 1 rings (SSSR count). The van der Waals surface area contributed by atoms with Crippen LogP contribution in [0.15, 0.2) is 11.8 Å². The molecule has 0 spiro atoms. The van der Waals surface area contributed by atoms with Crippen LogP contribution in [0.4, 0.5) is 13.2 Å². The Kier molecular flexibility index (Phi) is 1.36. The van der Waals surface area contributed by atoms with Gasteiger partial charge in [-0.15, -0.1) is 0 Å². The lowest BCUT2D eigenvalue weighted by atomic mass is 10.4. The summed E-state index contributed by atoms with van der Waals surface area (Å²) in [5.41, 5.74) is 0.916. The molecule has 0 aromatic carbocycles. The average molecular weight is 139 g/mol. The number of halogens is 3. The molecule has 0 aliphatic carbocycles. The average Bonchev–Trinajstić information content (AvgIpc) is 2.08. The van der Waals surface area contributed by atoms with E-state index in [2.05, 4.69) is 4.84 Å². The van der Waals surface area contributed by atoms with Gasteiger partial charge >= 0.3 is 6.18 Å². The van der Waals surface area contributed by atoms with E-state index in [0.717, 1.165) is 6.08 Å². The van der Waals surface area contributed by atoms with Crippen molar-refractivity contribution in [1.82, 2.24) is 5.48 Å². The molecular formula is C4H4F3NO. The van der Waals surface area contributed by atoms with Gasteiger partial charge in [0.15, 0.2) is 0 Å². The van der Waals surface area contributed by atoms with E-state index in [9.17, 15) is 13.2 Å². The van der Waals surface area contributed by atoms with Crippen LogP contribution >= 0.6 is 0 Å². The van der Waals surface area contributed by atoms with Gasteiger partial charge in [0.1, 0.15) is 5.70 Å². The highest BCUT2D eigenvalue weighted by Gasteiger charge is 2.35. The van der Waals surface area contributed by atoms with Crippen molar-refractivity contribution in [2.24, 2.45) is 0 Å². The summed E-state index contributed by atoms with van der Waals surface area (Å²) in [6.07, 6.45) is -3.35. The van der Waals surface area contributed by atoms with Gasteiger partial charge in [0.25, 0.3) is 0 Å². The Bertz CT molecular complexity index is 139. The van der Waals surface area contributed by atoms with Crippen LogP contribution in [0.3, 0.4) is 0 Å². The molecule has 0 saturated heterocycles. The monoisotopic (exact) mass is 139 g/mol. The lowest BCUT2D eigenvalue weighted by Crippen LogP contribution is -2.21. The summed E-state index contributed by atoms with van der Waals surface area (Å²) in [7, 11) is 0. The molecule has 5 heteroatoms. The van der Waals surface area contributed by atoms with Gasteiger partial charge < -0.3 is 0 Å². The fourth-order valence-electron chi connectivity index (χ4n) is 0.460. The van der Waals surface area contributed by atoms with E-state index < -0.39 is 11.9 Å². The number of hydrogen-bond acceptors (Lipinski definition) is 2. The van der Waals surface area contributed by atoms with Crippen molar-refractivity contribution in [3.8, 4) is 0 Å². The zero-order valence-corrected chi connectivity index (χ0v) is 4.33. The van der Waals surface area contributed by atoms with Gasteiger partial charge in [-0.05, 0) is 6.08 Å². The van der Waals surface area contributed by atoms with Crippen LogP contribution in [0.2, 0.25) is 0 Å². The molecule has 1 aliphatic heterocycles. The highest BCUT2D eigenvalue weighted by molar-refractivity contribution is 5.07. The van der Waals surface area contributed by atoms with Crippen LogP contribution in [-0.4, -0.2) is 12.8 Å². The molecule has 0 atom stereocenters. The first-order chi connectivity index (χ1) is 4.11. The summed E-state index contributed by atoms with van der Waals surface area (Å²) in [4.78, 5) is 4.22. The standard InChI is InChI=1S/C4H4F3NO/c5-4(6,7)3-1-2-9-8-3/h1,8H,2H2. The van der Waals surface area contributed by atoms with Gasteiger partial charge in [0, 0.05) is 0 Å². The summed E-state index contributed by atoms with van der Waals surface area (Å²) >= 11 is 0. The Labute approximate surface area is 49.3 Å². The molecule has 1 N–H and O–H groups in total. The fraction of sp³-hybridized carbons (Fsp3) is 0.500. The topological polar surface area (TPSA) is 21.3 Å². The van der Waals surface area contributed by atoms with E-state index in [4.69, 9.17) is 0 Å². The third-order valence-corrected chi connectivity index (χ3v) is 0.858. The minimum atomic E-state index is -4.30. The molecule has 0 amide bonds. The highest BCUT2D eigenvalue weighted by atomic mass is 19.4. The number of rotatable bonds is 0. The number of nitrogens with one attached hydrogen (secondary N) is 1. The van der Waals surface area contributed by atoms with E-state index in [0.29, 0.717) is 0 Å². The van der Waals surface area contributed by atoms with Crippen LogP contribution in [-0.2, 0) is 4.84 Å². The lowest BCUT2D eigenvalue weighted by Gasteiger charge is -2.05.